The van der Waals surface area contributed by atoms with E-state index in [9.17, 15) is 13.6 Å². The summed E-state index contributed by atoms with van der Waals surface area (Å²) in [7, 11) is 0. The monoisotopic (exact) mass is 535 g/mol. The third-order valence-corrected chi connectivity index (χ3v) is 7.44. The largest absolute Gasteiger partial charge is 0.381 e. The maximum atomic E-state index is 14.7. The third kappa shape index (κ3) is 5.93. The highest BCUT2D eigenvalue weighted by molar-refractivity contribution is 6.30. The molecule has 4 N–H and O–H groups in total. The van der Waals surface area contributed by atoms with Gasteiger partial charge in [-0.25, -0.2) is 23.7 Å². The second-order valence-electron chi connectivity index (χ2n) is 9.84. The summed E-state index contributed by atoms with van der Waals surface area (Å²) in [5, 5.41) is 6.01. The average molecular weight is 536 g/mol. The molecule has 1 aromatic carbocycles. The highest BCUT2D eigenvalue weighted by Gasteiger charge is 2.38. The molecule has 0 spiro atoms. The first-order valence-corrected chi connectivity index (χ1v) is 12.7. The molecule has 2 fully saturated rings. The number of guanidine groups is 1. The Hall–Kier alpha value is -3.05. The summed E-state index contributed by atoms with van der Waals surface area (Å²) >= 11 is 5.80. The first-order chi connectivity index (χ1) is 17.6. The van der Waals surface area contributed by atoms with Crippen molar-refractivity contribution in [3.63, 3.8) is 0 Å². The van der Waals surface area contributed by atoms with E-state index >= 15 is 0 Å². The van der Waals surface area contributed by atoms with Crippen LogP contribution in [0.1, 0.15) is 57.2 Å². The maximum absolute atomic E-state index is 14.7. The van der Waals surface area contributed by atoms with Gasteiger partial charge < -0.3 is 21.1 Å². The molecule has 4 rings (SSSR count). The van der Waals surface area contributed by atoms with Crippen molar-refractivity contribution in [2.24, 2.45) is 21.1 Å². The Labute approximate surface area is 219 Å². The predicted molar refractivity (Wildman–Crippen MR) is 141 cm³/mol. The lowest BCUT2D eigenvalue weighted by Crippen LogP contribution is -2.38. The van der Waals surface area contributed by atoms with Crippen LogP contribution in [0.25, 0.3) is 0 Å². The molecule has 12 heteroatoms. The van der Waals surface area contributed by atoms with E-state index in [4.69, 9.17) is 27.1 Å². The van der Waals surface area contributed by atoms with Gasteiger partial charge in [-0.15, -0.1) is 0 Å². The SMILES string of the molecule is C=NC(=NC1CCOCC1)Nc1c(C)nc(Nc2c(F)cc(Cl)cc2F)n1C1CCC(C)(C(N)=O)CC1. The van der Waals surface area contributed by atoms with E-state index in [1.54, 1.807) is 6.92 Å². The number of imidazole rings is 1. The number of anilines is 3. The van der Waals surface area contributed by atoms with Crippen molar-refractivity contribution < 1.29 is 18.3 Å². The molecule has 2 aliphatic rings. The second-order valence-corrected chi connectivity index (χ2v) is 10.3. The molecule has 200 valence electrons. The first-order valence-electron chi connectivity index (χ1n) is 12.3. The van der Waals surface area contributed by atoms with Crippen LogP contribution in [0.2, 0.25) is 5.02 Å². The predicted octanol–water partition coefficient (Wildman–Crippen LogP) is 5.12. The molecule has 0 bridgehead atoms. The molecule has 1 aliphatic carbocycles. The van der Waals surface area contributed by atoms with E-state index in [1.165, 1.54) is 0 Å². The Morgan fingerprint density at radius 1 is 1.24 bits per heavy atom. The van der Waals surface area contributed by atoms with Crippen LogP contribution < -0.4 is 16.4 Å². The van der Waals surface area contributed by atoms with Crippen molar-refractivity contribution in [3.8, 4) is 0 Å². The highest BCUT2D eigenvalue weighted by Crippen LogP contribution is 2.44. The highest BCUT2D eigenvalue weighted by atomic mass is 35.5. The van der Waals surface area contributed by atoms with Crippen molar-refractivity contribution in [2.75, 3.05) is 23.8 Å². The standard InChI is InChI=1S/C25H32ClF2N7O2/c1-14-21(34-23(30-3)32-16-6-10-37-11-7-16)35(17-4-8-25(2,9-5-17)22(29)36)24(31-14)33-20-18(27)12-15(26)13-19(20)28/h12-13,16-17H,3-11H2,1-2H3,(H2,29,36)(H,31,33)(H,32,34). The van der Waals surface area contributed by atoms with E-state index in [2.05, 4.69) is 27.3 Å². The Bertz CT molecular complexity index is 1180. The quantitative estimate of drug-likeness (QED) is 0.350. The lowest BCUT2D eigenvalue weighted by atomic mass is 9.73. The van der Waals surface area contributed by atoms with Crippen LogP contribution in [0.3, 0.4) is 0 Å². The first kappa shape index (κ1) is 27.0. The molecule has 9 nitrogen and oxygen atoms in total. The second kappa shape index (κ2) is 11.1. The van der Waals surface area contributed by atoms with Gasteiger partial charge in [0.15, 0.2) is 11.6 Å². The fourth-order valence-electron chi connectivity index (χ4n) is 4.86. The molecule has 0 unspecified atom stereocenters. The zero-order valence-corrected chi connectivity index (χ0v) is 21.7. The summed E-state index contributed by atoms with van der Waals surface area (Å²) in [5.74, 6) is -0.885. The van der Waals surface area contributed by atoms with Gasteiger partial charge in [-0.3, -0.25) is 9.36 Å². The van der Waals surface area contributed by atoms with E-state index in [0.717, 1.165) is 25.0 Å². The van der Waals surface area contributed by atoms with Gasteiger partial charge in [-0.2, -0.15) is 0 Å². The number of aliphatic imine (C=N–C) groups is 2. The summed E-state index contributed by atoms with van der Waals surface area (Å²) in [5.41, 5.74) is 5.25. The number of nitrogens with two attached hydrogens (primary N) is 1. The van der Waals surface area contributed by atoms with Crippen molar-refractivity contribution >= 4 is 47.6 Å². The summed E-state index contributed by atoms with van der Waals surface area (Å²) in [6.07, 6.45) is 3.89. The lowest BCUT2D eigenvalue weighted by Gasteiger charge is -2.36. The number of primary amides is 1. The van der Waals surface area contributed by atoms with Gasteiger partial charge in [-0.05, 0) is 64.3 Å². The Balaban J connectivity index is 1.71. The number of halogens is 3. The molecule has 1 aliphatic heterocycles. The third-order valence-electron chi connectivity index (χ3n) is 7.22. The molecule has 2 aromatic rings. The minimum Gasteiger partial charge on any atom is -0.381 e. The van der Waals surface area contributed by atoms with Crippen LogP contribution in [0.5, 0.6) is 0 Å². The van der Waals surface area contributed by atoms with Crippen LogP contribution in [0, 0.1) is 24.0 Å². The summed E-state index contributed by atoms with van der Waals surface area (Å²) in [6.45, 7) is 8.56. The molecule has 0 radical (unpaired) electrons. The topological polar surface area (TPSA) is 119 Å². The zero-order valence-electron chi connectivity index (χ0n) is 21.0. The fourth-order valence-corrected chi connectivity index (χ4v) is 5.06. The number of amides is 1. The van der Waals surface area contributed by atoms with Gasteiger partial charge in [0.25, 0.3) is 0 Å². The van der Waals surface area contributed by atoms with E-state index in [-0.39, 0.29) is 34.6 Å². The number of carbonyl (C=O) groups excluding carboxylic acids is 1. The maximum Gasteiger partial charge on any atom is 0.223 e. The molecular formula is C25H32ClF2N7O2. The average Bonchev–Trinajstić information content (AvgIpc) is 3.16. The number of aromatic nitrogens is 2. The molecule has 37 heavy (non-hydrogen) atoms. The smallest absolute Gasteiger partial charge is 0.223 e. The number of hydrogen-bond acceptors (Lipinski definition) is 5. The van der Waals surface area contributed by atoms with Gasteiger partial charge in [-0.1, -0.05) is 18.5 Å². The van der Waals surface area contributed by atoms with E-state index in [0.29, 0.717) is 56.4 Å². The Kier molecular flexibility index (Phi) is 8.13. The molecule has 1 saturated carbocycles. The zero-order chi connectivity index (χ0) is 26.7. The number of rotatable bonds is 6. The summed E-state index contributed by atoms with van der Waals surface area (Å²) < 4.78 is 36.6. The summed E-state index contributed by atoms with van der Waals surface area (Å²) in [6, 6.07) is 1.97. The summed E-state index contributed by atoms with van der Waals surface area (Å²) in [4.78, 5) is 25.4. The number of carbonyl (C=O) groups is 1. The van der Waals surface area contributed by atoms with Crippen LogP contribution in [0.4, 0.5) is 26.2 Å². The molecular weight excluding hydrogens is 504 g/mol. The van der Waals surface area contributed by atoms with Crippen molar-refractivity contribution in [3.05, 3.63) is 34.5 Å². The van der Waals surface area contributed by atoms with Gasteiger partial charge in [0.1, 0.15) is 11.5 Å². The number of benzene rings is 1. The molecule has 1 saturated heterocycles. The van der Waals surface area contributed by atoms with Gasteiger partial charge in [0.05, 0.1) is 11.7 Å². The number of nitrogens with one attached hydrogen (secondary N) is 2. The molecule has 2 heterocycles. The molecule has 1 amide bonds. The number of ether oxygens (including phenoxy) is 1. The van der Waals surface area contributed by atoms with Crippen LogP contribution in [0.15, 0.2) is 22.1 Å². The van der Waals surface area contributed by atoms with Gasteiger partial charge in [0, 0.05) is 29.7 Å². The van der Waals surface area contributed by atoms with Crippen molar-refractivity contribution in [2.45, 2.75) is 64.5 Å². The number of hydrogen-bond donors (Lipinski definition) is 3. The Morgan fingerprint density at radius 3 is 2.43 bits per heavy atom. The van der Waals surface area contributed by atoms with Crippen molar-refractivity contribution in [1.82, 2.24) is 9.55 Å². The molecule has 1 aromatic heterocycles. The number of nitrogens with zero attached hydrogens (tertiary/aromatic N) is 4. The van der Waals surface area contributed by atoms with E-state index < -0.39 is 17.0 Å². The normalized spacial score (nSPS) is 23.1. The molecule has 0 atom stereocenters. The van der Waals surface area contributed by atoms with Crippen LogP contribution >= 0.6 is 11.6 Å². The van der Waals surface area contributed by atoms with E-state index in [1.807, 2.05) is 11.5 Å². The minimum absolute atomic E-state index is 0.0410. The Morgan fingerprint density at radius 2 is 1.86 bits per heavy atom. The van der Waals surface area contributed by atoms with Crippen molar-refractivity contribution in [1.29, 1.82) is 0 Å². The number of aryl methyl sites for hydroxylation is 1. The van der Waals surface area contributed by atoms with Crippen LogP contribution in [-0.4, -0.2) is 47.4 Å². The van der Waals surface area contributed by atoms with Gasteiger partial charge >= 0.3 is 0 Å². The van der Waals surface area contributed by atoms with Gasteiger partial charge in [0.2, 0.25) is 17.8 Å². The lowest BCUT2D eigenvalue weighted by molar-refractivity contribution is -0.128. The fraction of sp³-hybridized carbons (Fsp3) is 0.520. The van der Waals surface area contributed by atoms with Crippen LogP contribution in [-0.2, 0) is 9.53 Å². The minimum atomic E-state index is -0.841.